The van der Waals surface area contributed by atoms with E-state index in [1.807, 2.05) is 4.90 Å². The molecule has 1 fully saturated rings. The maximum Gasteiger partial charge on any atom is 0.296 e. The van der Waals surface area contributed by atoms with E-state index in [9.17, 15) is 19.3 Å². The average molecular weight is 417 g/mol. The molecule has 0 spiro atoms. The van der Waals surface area contributed by atoms with Crippen LogP contribution < -0.4 is 10.1 Å². The fraction of sp³-hybridized carbons (Fsp3) is 0.381. The zero-order chi connectivity index (χ0) is 21.5. The highest BCUT2D eigenvalue weighted by Gasteiger charge is 2.23. The van der Waals surface area contributed by atoms with Crippen molar-refractivity contribution in [2.24, 2.45) is 0 Å². The van der Waals surface area contributed by atoms with Crippen LogP contribution in [0.15, 0.2) is 42.5 Å². The van der Waals surface area contributed by atoms with Crippen LogP contribution in [0.4, 0.5) is 15.8 Å². The van der Waals surface area contributed by atoms with Gasteiger partial charge in [0.25, 0.3) is 5.69 Å². The summed E-state index contributed by atoms with van der Waals surface area (Å²) in [5.74, 6) is -0.425. The van der Waals surface area contributed by atoms with Crippen LogP contribution in [0.5, 0.6) is 5.75 Å². The van der Waals surface area contributed by atoms with Crippen LogP contribution in [0.1, 0.15) is 18.4 Å². The highest BCUT2D eigenvalue weighted by Crippen LogP contribution is 2.29. The summed E-state index contributed by atoms with van der Waals surface area (Å²) in [7, 11) is 1.41. The Bertz CT molecular complexity index is 902. The molecule has 0 saturated carbocycles. The number of hydrogen-bond donors (Lipinski definition) is 1. The second kappa shape index (κ2) is 10.1. The first-order chi connectivity index (χ1) is 14.4. The molecule has 1 aliphatic heterocycles. The predicted molar refractivity (Wildman–Crippen MR) is 109 cm³/mol. The lowest BCUT2D eigenvalue weighted by atomic mass is 10.1. The molecule has 0 radical (unpaired) electrons. The maximum atomic E-state index is 13.6. The molecule has 1 unspecified atom stereocenters. The number of nitrogens with zero attached hydrogens (tertiary/aromatic N) is 2. The van der Waals surface area contributed by atoms with E-state index in [2.05, 4.69) is 5.32 Å². The summed E-state index contributed by atoms with van der Waals surface area (Å²) in [4.78, 5) is 25.3. The Morgan fingerprint density at radius 1 is 1.37 bits per heavy atom. The third kappa shape index (κ3) is 5.98. The van der Waals surface area contributed by atoms with Gasteiger partial charge in [-0.3, -0.25) is 19.8 Å². The van der Waals surface area contributed by atoms with Gasteiger partial charge in [-0.2, -0.15) is 0 Å². The van der Waals surface area contributed by atoms with Crippen molar-refractivity contribution in [3.05, 3.63) is 64.0 Å². The van der Waals surface area contributed by atoms with E-state index >= 15 is 0 Å². The highest BCUT2D eigenvalue weighted by atomic mass is 19.1. The lowest BCUT2D eigenvalue weighted by molar-refractivity contribution is -0.384. The maximum absolute atomic E-state index is 13.6. The Kier molecular flexibility index (Phi) is 7.31. The number of nitro groups is 1. The first-order valence-corrected chi connectivity index (χ1v) is 9.65. The second-order valence-corrected chi connectivity index (χ2v) is 7.12. The molecule has 0 aliphatic carbocycles. The lowest BCUT2D eigenvalue weighted by Gasteiger charge is -2.24. The number of halogens is 1. The number of nitrogens with one attached hydrogen (secondary N) is 1. The third-order valence-electron chi connectivity index (χ3n) is 4.82. The zero-order valence-corrected chi connectivity index (χ0v) is 16.7. The van der Waals surface area contributed by atoms with Gasteiger partial charge in [0.2, 0.25) is 5.91 Å². The molecule has 1 aliphatic rings. The summed E-state index contributed by atoms with van der Waals surface area (Å²) in [6, 6.07) is 10.4. The van der Waals surface area contributed by atoms with Gasteiger partial charge in [-0.25, -0.2) is 4.39 Å². The molecule has 2 aromatic rings. The Morgan fingerprint density at radius 2 is 2.20 bits per heavy atom. The van der Waals surface area contributed by atoms with Gasteiger partial charge < -0.3 is 14.8 Å². The van der Waals surface area contributed by atoms with E-state index in [1.54, 1.807) is 18.2 Å². The van der Waals surface area contributed by atoms with Gasteiger partial charge in [0.05, 0.1) is 30.7 Å². The van der Waals surface area contributed by atoms with Crippen LogP contribution in [0, 0.1) is 15.9 Å². The van der Waals surface area contributed by atoms with Crippen molar-refractivity contribution in [2.45, 2.75) is 25.5 Å². The normalized spacial score (nSPS) is 15.9. The Morgan fingerprint density at radius 3 is 2.87 bits per heavy atom. The summed E-state index contributed by atoms with van der Waals surface area (Å²) >= 11 is 0. The van der Waals surface area contributed by atoms with E-state index < -0.39 is 10.8 Å². The lowest BCUT2D eigenvalue weighted by Crippen LogP contribution is -2.38. The Balaban J connectivity index is 1.71. The van der Waals surface area contributed by atoms with Gasteiger partial charge in [-0.05, 0) is 42.7 Å². The number of carbonyl (C=O) groups is 1. The molecule has 1 atom stereocenters. The summed E-state index contributed by atoms with van der Waals surface area (Å²) < 4.78 is 24.2. The fourth-order valence-corrected chi connectivity index (χ4v) is 3.44. The molecule has 3 rings (SSSR count). The largest absolute Gasteiger partial charge is 0.496 e. The predicted octanol–water partition coefficient (Wildman–Crippen LogP) is 3.36. The molecule has 160 valence electrons. The standard InChI is InChI=1S/C21H24FN3O5/c1-29-17-7-8-19(20(11-17)25(27)28)23-21(26)14-24(13-18-6-3-9-30-18)12-15-4-2-5-16(22)10-15/h2,4-5,7-8,10-11,18H,3,6,9,12-14H2,1H3,(H,23,26). The van der Waals surface area contributed by atoms with Gasteiger partial charge >= 0.3 is 0 Å². The van der Waals surface area contributed by atoms with Crippen LogP contribution >= 0.6 is 0 Å². The van der Waals surface area contributed by atoms with Crippen LogP contribution in [-0.2, 0) is 16.1 Å². The minimum atomic E-state index is -0.574. The number of rotatable bonds is 9. The molecule has 8 nitrogen and oxygen atoms in total. The first kappa shape index (κ1) is 21.7. The van der Waals surface area contributed by atoms with Crippen molar-refractivity contribution in [3.63, 3.8) is 0 Å². The van der Waals surface area contributed by atoms with Gasteiger partial charge in [0.1, 0.15) is 17.3 Å². The van der Waals surface area contributed by atoms with Crippen molar-refractivity contribution in [3.8, 4) is 5.75 Å². The van der Waals surface area contributed by atoms with E-state index in [0.29, 0.717) is 25.4 Å². The van der Waals surface area contributed by atoms with E-state index in [0.717, 1.165) is 18.4 Å². The number of benzene rings is 2. The summed E-state index contributed by atoms with van der Waals surface area (Å²) in [6.07, 6.45) is 1.86. The number of nitro benzene ring substituents is 1. The highest BCUT2D eigenvalue weighted by molar-refractivity contribution is 5.94. The molecule has 30 heavy (non-hydrogen) atoms. The molecular weight excluding hydrogens is 393 g/mol. The molecular formula is C21H24FN3O5. The van der Waals surface area contributed by atoms with Gasteiger partial charge in [-0.15, -0.1) is 0 Å². The fourth-order valence-electron chi connectivity index (χ4n) is 3.44. The zero-order valence-electron chi connectivity index (χ0n) is 16.7. The summed E-state index contributed by atoms with van der Waals surface area (Å²) in [5.41, 5.74) is 0.573. The minimum Gasteiger partial charge on any atom is -0.496 e. The summed E-state index contributed by atoms with van der Waals surface area (Å²) in [6.45, 7) is 1.53. The van der Waals surface area contributed by atoms with Crippen molar-refractivity contribution in [2.75, 3.05) is 32.1 Å². The number of anilines is 1. The SMILES string of the molecule is COc1ccc(NC(=O)CN(Cc2cccc(F)c2)CC2CCCO2)c([N+](=O)[O-])c1. The van der Waals surface area contributed by atoms with E-state index in [-0.39, 0.29) is 29.8 Å². The molecule has 0 bridgehead atoms. The van der Waals surface area contributed by atoms with Gasteiger partial charge in [-0.1, -0.05) is 12.1 Å². The first-order valence-electron chi connectivity index (χ1n) is 9.65. The van der Waals surface area contributed by atoms with Crippen molar-refractivity contribution in [1.29, 1.82) is 0 Å². The second-order valence-electron chi connectivity index (χ2n) is 7.12. The molecule has 0 aromatic heterocycles. The Labute approximate surface area is 173 Å². The van der Waals surface area contributed by atoms with Crippen molar-refractivity contribution < 1.29 is 23.6 Å². The number of ether oxygens (including phenoxy) is 2. The molecule has 1 heterocycles. The molecule has 1 N–H and O–H groups in total. The van der Waals surface area contributed by atoms with Crippen LogP contribution in [0.25, 0.3) is 0 Å². The number of amides is 1. The summed E-state index contributed by atoms with van der Waals surface area (Å²) in [5, 5.41) is 13.9. The number of hydrogen-bond acceptors (Lipinski definition) is 6. The third-order valence-corrected chi connectivity index (χ3v) is 4.82. The smallest absolute Gasteiger partial charge is 0.296 e. The molecule has 9 heteroatoms. The van der Waals surface area contributed by atoms with Gasteiger partial charge in [0, 0.05) is 19.7 Å². The van der Waals surface area contributed by atoms with Crippen molar-refractivity contribution in [1.82, 2.24) is 4.90 Å². The number of methoxy groups -OCH3 is 1. The quantitative estimate of drug-likeness (QED) is 0.497. The van der Waals surface area contributed by atoms with Gasteiger partial charge in [0.15, 0.2) is 0 Å². The van der Waals surface area contributed by atoms with Crippen molar-refractivity contribution >= 4 is 17.3 Å². The average Bonchev–Trinajstić information content (AvgIpc) is 3.21. The molecule has 1 amide bonds. The minimum absolute atomic E-state index is 0.00156. The van der Waals surface area contributed by atoms with E-state index in [4.69, 9.17) is 9.47 Å². The Hall–Kier alpha value is -3.04. The van der Waals surface area contributed by atoms with E-state index in [1.165, 1.54) is 31.4 Å². The number of carbonyl (C=O) groups excluding carboxylic acids is 1. The van der Waals surface area contributed by atoms with Crippen LogP contribution in [0.3, 0.4) is 0 Å². The topological polar surface area (TPSA) is 93.9 Å². The monoisotopic (exact) mass is 417 g/mol. The van der Waals surface area contributed by atoms with Crippen LogP contribution in [0.2, 0.25) is 0 Å². The molecule has 1 saturated heterocycles. The van der Waals surface area contributed by atoms with Crippen LogP contribution in [-0.4, -0.2) is 48.6 Å². The molecule has 2 aromatic carbocycles.